The Hall–Kier alpha value is -2.66. The molecule has 2 aromatic carbocycles. The van der Waals surface area contributed by atoms with Crippen LogP contribution in [0.2, 0.25) is 0 Å². The minimum Gasteiger partial charge on any atom is -0.273 e. The number of nitrogens with zero attached hydrogens (tertiary/aromatic N) is 2. The number of imide groups is 1. The first-order chi connectivity index (χ1) is 13.0. The van der Waals surface area contributed by atoms with Crippen molar-refractivity contribution in [1.82, 2.24) is 0 Å². The van der Waals surface area contributed by atoms with E-state index in [1.54, 1.807) is 11.1 Å². The van der Waals surface area contributed by atoms with Gasteiger partial charge in [0, 0.05) is 0 Å². The summed E-state index contributed by atoms with van der Waals surface area (Å²) in [5.74, 6) is -0.553. The highest BCUT2D eigenvalue weighted by Gasteiger charge is 2.59. The Labute approximate surface area is 159 Å². The predicted octanol–water partition coefficient (Wildman–Crippen LogP) is 3.72. The fraction of sp³-hybridized carbons (Fsp3) is 0.364. The average molecular weight is 364 g/mol. The molecule has 0 bridgehead atoms. The van der Waals surface area contributed by atoms with Gasteiger partial charge in [-0.3, -0.25) is 14.4 Å². The summed E-state index contributed by atoms with van der Waals surface area (Å²) >= 11 is 0. The van der Waals surface area contributed by atoms with Crippen molar-refractivity contribution in [3.8, 4) is 0 Å². The molecule has 0 aromatic heterocycles. The van der Waals surface area contributed by atoms with Crippen molar-refractivity contribution >= 4 is 23.2 Å². The van der Waals surface area contributed by atoms with Crippen LogP contribution in [-0.4, -0.2) is 24.0 Å². The molecule has 0 unspecified atom stereocenters. The molecule has 2 amide bonds. The van der Waals surface area contributed by atoms with Gasteiger partial charge in [0.15, 0.2) is 6.10 Å². The first kappa shape index (κ1) is 17.7. The number of anilines is 2. The number of rotatable bonds is 4. The molecule has 2 aliphatic rings. The van der Waals surface area contributed by atoms with Gasteiger partial charge in [0.05, 0.1) is 23.3 Å². The van der Waals surface area contributed by atoms with Gasteiger partial charge < -0.3 is 0 Å². The van der Waals surface area contributed by atoms with Crippen molar-refractivity contribution in [3.63, 3.8) is 0 Å². The lowest BCUT2D eigenvalue weighted by Crippen LogP contribution is -2.41. The molecule has 27 heavy (non-hydrogen) atoms. The topological polar surface area (TPSA) is 49.9 Å². The van der Waals surface area contributed by atoms with E-state index in [2.05, 4.69) is 13.8 Å². The molecule has 0 radical (unpaired) electrons. The normalized spacial score (nSPS) is 24.8. The third kappa shape index (κ3) is 3.02. The molecule has 0 aliphatic carbocycles. The highest BCUT2D eigenvalue weighted by molar-refractivity contribution is 6.23. The second-order valence-corrected chi connectivity index (χ2v) is 7.76. The molecule has 0 saturated carbocycles. The fourth-order valence-electron chi connectivity index (χ4n) is 4.07. The van der Waals surface area contributed by atoms with E-state index in [1.807, 2.05) is 55.5 Å². The number of hydroxylamine groups is 1. The highest BCUT2D eigenvalue weighted by atomic mass is 16.7. The van der Waals surface area contributed by atoms with Crippen molar-refractivity contribution in [2.75, 3.05) is 9.96 Å². The second kappa shape index (κ2) is 6.82. The van der Waals surface area contributed by atoms with Crippen LogP contribution in [0.25, 0.3) is 0 Å². The average Bonchev–Trinajstić information content (AvgIpc) is 3.12. The van der Waals surface area contributed by atoms with Gasteiger partial charge in [0.1, 0.15) is 0 Å². The maximum Gasteiger partial charge on any atom is 0.266 e. The van der Waals surface area contributed by atoms with Crippen LogP contribution in [0.15, 0.2) is 54.6 Å². The molecule has 3 atom stereocenters. The lowest BCUT2D eigenvalue weighted by molar-refractivity contribution is -0.126. The van der Waals surface area contributed by atoms with Gasteiger partial charge in [-0.2, -0.15) is 0 Å². The van der Waals surface area contributed by atoms with Gasteiger partial charge in [0.2, 0.25) is 5.91 Å². The number of fused-ring (bicyclic) bond motifs is 1. The summed E-state index contributed by atoms with van der Waals surface area (Å²) in [7, 11) is 0. The summed E-state index contributed by atoms with van der Waals surface area (Å²) in [4.78, 5) is 33.7. The summed E-state index contributed by atoms with van der Waals surface area (Å²) in [5, 5.41) is 1.78. The molecule has 0 N–H and O–H groups in total. The molecule has 4 rings (SSSR count). The molecular formula is C22H24N2O3. The van der Waals surface area contributed by atoms with E-state index in [1.165, 1.54) is 4.90 Å². The van der Waals surface area contributed by atoms with E-state index >= 15 is 0 Å². The number of amides is 2. The molecule has 5 heteroatoms. The maximum atomic E-state index is 13.3. The Morgan fingerprint density at radius 3 is 2.33 bits per heavy atom. The third-order valence-electron chi connectivity index (χ3n) is 5.22. The van der Waals surface area contributed by atoms with Gasteiger partial charge in [-0.15, -0.1) is 0 Å². The van der Waals surface area contributed by atoms with Gasteiger partial charge in [-0.05, 0) is 49.1 Å². The molecule has 2 fully saturated rings. The number of carbonyl (C=O) groups excluding carboxylic acids is 2. The van der Waals surface area contributed by atoms with E-state index in [0.29, 0.717) is 11.6 Å². The van der Waals surface area contributed by atoms with Crippen molar-refractivity contribution in [3.05, 3.63) is 60.2 Å². The smallest absolute Gasteiger partial charge is 0.266 e. The molecule has 2 heterocycles. The zero-order valence-electron chi connectivity index (χ0n) is 15.8. The van der Waals surface area contributed by atoms with Crippen LogP contribution in [0, 0.1) is 18.8 Å². The van der Waals surface area contributed by atoms with E-state index in [4.69, 9.17) is 4.84 Å². The lowest BCUT2D eigenvalue weighted by Gasteiger charge is -2.29. The Kier molecular flexibility index (Phi) is 4.48. The highest BCUT2D eigenvalue weighted by Crippen LogP contribution is 2.42. The zero-order chi connectivity index (χ0) is 19.1. The van der Waals surface area contributed by atoms with Gasteiger partial charge in [0.25, 0.3) is 5.91 Å². The number of aryl methyl sites for hydroxylation is 1. The molecular weight excluding hydrogens is 340 g/mol. The SMILES string of the molecule is Cc1cccc(N2C(=O)[C@H]3[C@@H](CC(C)C)N(c4ccccc4)O[C@H]3C2=O)c1. The molecule has 2 aliphatic heterocycles. The number of para-hydroxylation sites is 1. The Morgan fingerprint density at radius 1 is 0.963 bits per heavy atom. The van der Waals surface area contributed by atoms with Crippen LogP contribution in [0.4, 0.5) is 11.4 Å². The molecule has 2 aromatic rings. The van der Waals surface area contributed by atoms with E-state index in [9.17, 15) is 9.59 Å². The standard InChI is InChI=1S/C22H24N2O3/c1-14(2)12-18-19-20(27-24(18)16-9-5-4-6-10-16)22(26)23(21(19)25)17-11-7-8-15(3)13-17/h4-11,13-14,18-20H,12H2,1-3H3/t18-,19+,20-/m1/s1. The summed E-state index contributed by atoms with van der Waals surface area (Å²) in [5.41, 5.74) is 2.51. The van der Waals surface area contributed by atoms with Crippen molar-refractivity contribution in [2.45, 2.75) is 39.3 Å². The molecule has 2 saturated heterocycles. The quantitative estimate of drug-likeness (QED) is 0.776. The number of hydrogen-bond donors (Lipinski definition) is 0. The van der Waals surface area contributed by atoms with Crippen molar-refractivity contribution in [1.29, 1.82) is 0 Å². The minimum atomic E-state index is -0.762. The summed E-state index contributed by atoms with van der Waals surface area (Å²) in [6, 6.07) is 17.0. The minimum absolute atomic E-state index is 0.163. The van der Waals surface area contributed by atoms with E-state index < -0.39 is 12.0 Å². The van der Waals surface area contributed by atoms with Crippen molar-refractivity contribution < 1.29 is 14.4 Å². The van der Waals surface area contributed by atoms with Crippen LogP contribution >= 0.6 is 0 Å². The second-order valence-electron chi connectivity index (χ2n) is 7.76. The van der Waals surface area contributed by atoms with Crippen LogP contribution in [0.1, 0.15) is 25.8 Å². The Morgan fingerprint density at radius 2 is 1.67 bits per heavy atom. The van der Waals surface area contributed by atoms with Gasteiger partial charge in [-0.1, -0.05) is 44.2 Å². The van der Waals surface area contributed by atoms with E-state index in [0.717, 1.165) is 17.7 Å². The number of benzene rings is 2. The summed E-state index contributed by atoms with van der Waals surface area (Å²) in [6.07, 6.45) is 0.0125. The summed E-state index contributed by atoms with van der Waals surface area (Å²) in [6.45, 7) is 6.19. The monoisotopic (exact) mass is 364 g/mol. The van der Waals surface area contributed by atoms with Gasteiger partial charge in [-0.25, -0.2) is 9.96 Å². The lowest BCUT2D eigenvalue weighted by atomic mass is 9.90. The van der Waals surface area contributed by atoms with E-state index in [-0.39, 0.29) is 17.9 Å². The number of hydrogen-bond acceptors (Lipinski definition) is 4. The molecule has 5 nitrogen and oxygen atoms in total. The largest absolute Gasteiger partial charge is 0.273 e. The first-order valence-electron chi connectivity index (χ1n) is 9.43. The predicted molar refractivity (Wildman–Crippen MR) is 104 cm³/mol. The summed E-state index contributed by atoms with van der Waals surface area (Å²) < 4.78 is 0. The first-order valence-corrected chi connectivity index (χ1v) is 9.43. The van der Waals surface area contributed by atoms with Crippen molar-refractivity contribution in [2.24, 2.45) is 11.8 Å². The van der Waals surface area contributed by atoms with Crippen LogP contribution in [0.5, 0.6) is 0 Å². The zero-order valence-corrected chi connectivity index (χ0v) is 15.8. The molecule has 140 valence electrons. The third-order valence-corrected chi connectivity index (χ3v) is 5.22. The van der Waals surface area contributed by atoms with Gasteiger partial charge >= 0.3 is 0 Å². The molecule has 0 spiro atoms. The Balaban J connectivity index is 1.70. The van der Waals surface area contributed by atoms with Crippen LogP contribution < -0.4 is 9.96 Å². The maximum absolute atomic E-state index is 13.3. The number of carbonyl (C=O) groups is 2. The van der Waals surface area contributed by atoms with Crippen LogP contribution in [0.3, 0.4) is 0 Å². The fourth-order valence-corrected chi connectivity index (χ4v) is 4.07. The van der Waals surface area contributed by atoms with Crippen LogP contribution in [-0.2, 0) is 14.4 Å². The Bertz CT molecular complexity index is 865.